The van der Waals surface area contributed by atoms with E-state index in [1.165, 1.54) is 0 Å². The second kappa shape index (κ2) is 7.90. The maximum Gasteiger partial charge on any atom is 0.228 e. The van der Waals surface area contributed by atoms with Crippen LogP contribution in [0.15, 0.2) is 34.9 Å². The largest absolute Gasteiger partial charge is 0.366 e. The van der Waals surface area contributed by atoms with E-state index in [1.54, 1.807) is 0 Å². The average Bonchev–Trinajstić information content (AvgIpc) is 2.99. The van der Waals surface area contributed by atoms with Crippen molar-refractivity contribution < 1.29 is 9.26 Å². The average molecular weight is 289 g/mol. The van der Waals surface area contributed by atoms with Crippen molar-refractivity contribution in [2.75, 3.05) is 13.7 Å². The van der Waals surface area contributed by atoms with E-state index in [4.69, 9.17) is 9.26 Å². The van der Waals surface area contributed by atoms with Gasteiger partial charge in [0.2, 0.25) is 11.7 Å². The minimum atomic E-state index is -0.275. The van der Waals surface area contributed by atoms with E-state index >= 15 is 0 Å². The Hall–Kier alpha value is -1.72. The summed E-state index contributed by atoms with van der Waals surface area (Å²) in [7, 11) is 1.94. The van der Waals surface area contributed by atoms with E-state index in [0.29, 0.717) is 24.4 Å². The van der Waals surface area contributed by atoms with Crippen LogP contribution in [0.1, 0.15) is 43.7 Å². The van der Waals surface area contributed by atoms with Gasteiger partial charge >= 0.3 is 0 Å². The van der Waals surface area contributed by atoms with Crippen molar-refractivity contribution >= 4 is 0 Å². The number of ether oxygens (including phenoxy) is 1. The molecule has 1 aromatic carbocycles. The molecule has 1 N–H and O–H groups in total. The minimum Gasteiger partial charge on any atom is -0.366 e. The molecule has 0 amide bonds. The molecule has 114 valence electrons. The second-order valence-electron chi connectivity index (χ2n) is 4.89. The van der Waals surface area contributed by atoms with Gasteiger partial charge in [0.1, 0.15) is 6.10 Å². The summed E-state index contributed by atoms with van der Waals surface area (Å²) in [6.45, 7) is 4.69. The molecule has 2 aromatic rings. The molecule has 0 saturated carbocycles. The molecule has 0 saturated heterocycles. The minimum absolute atomic E-state index is 0.275. The normalized spacial score (nSPS) is 14.0. The summed E-state index contributed by atoms with van der Waals surface area (Å²) in [4.78, 5) is 4.50. The van der Waals surface area contributed by atoms with E-state index in [1.807, 2.05) is 44.3 Å². The van der Waals surface area contributed by atoms with Crippen molar-refractivity contribution in [1.29, 1.82) is 0 Å². The first-order valence-corrected chi connectivity index (χ1v) is 7.44. The zero-order valence-electron chi connectivity index (χ0n) is 12.9. The highest BCUT2D eigenvalue weighted by Crippen LogP contribution is 2.23. The molecule has 0 radical (unpaired) electrons. The Balaban J connectivity index is 2.16. The van der Waals surface area contributed by atoms with E-state index in [-0.39, 0.29) is 6.10 Å². The first-order chi connectivity index (χ1) is 10.3. The Morgan fingerprint density at radius 1 is 1.24 bits per heavy atom. The van der Waals surface area contributed by atoms with Crippen LogP contribution in [0.2, 0.25) is 0 Å². The predicted octanol–water partition coefficient (Wildman–Crippen LogP) is 2.74. The van der Waals surface area contributed by atoms with Crippen molar-refractivity contribution in [2.45, 2.75) is 38.8 Å². The third-order valence-corrected chi connectivity index (χ3v) is 3.48. The number of likely N-dealkylation sites (N-methyl/N-ethyl adjacent to an activating group) is 1. The molecule has 2 rings (SSSR count). The first kappa shape index (κ1) is 15.7. The molecule has 2 unspecified atom stereocenters. The lowest BCUT2D eigenvalue weighted by atomic mass is 10.1. The standard InChI is InChI=1S/C16H23N3O2/c1-4-13(17-3)11-14-18-16(19-21-14)15(20-5-2)12-9-7-6-8-10-12/h6-10,13,15,17H,4-5,11H2,1-3H3. The van der Waals surface area contributed by atoms with Gasteiger partial charge in [-0.1, -0.05) is 42.4 Å². The smallest absolute Gasteiger partial charge is 0.228 e. The number of nitrogens with zero attached hydrogens (tertiary/aromatic N) is 2. The molecule has 0 bridgehead atoms. The quantitative estimate of drug-likeness (QED) is 0.809. The summed E-state index contributed by atoms with van der Waals surface area (Å²) in [5.74, 6) is 1.23. The zero-order valence-corrected chi connectivity index (χ0v) is 12.9. The Kier molecular flexibility index (Phi) is 5.90. The van der Waals surface area contributed by atoms with Gasteiger partial charge in [0, 0.05) is 19.1 Å². The maximum atomic E-state index is 5.78. The summed E-state index contributed by atoms with van der Waals surface area (Å²) in [6.07, 6.45) is 1.47. The first-order valence-electron chi connectivity index (χ1n) is 7.44. The second-order valence-corrected chi connectivity index (χ2v) is 4.89. The summed E-state index contributed by atoms with van der Waals surface area (Å²) in [6, 6.07) is 10.3. The molecule has 0 aliphatic carbocycles. The van der Waals surface area contributed by atoms with Crippen LogP contribution in [0.3, 0.4) is 0 Å². The fourth-order valence-electron chi connectivity index (χ4n) is 2.23. The van der Waals surface area contributed by atoms with Crippen LogP contribution in [0.25, 0.3) is 0 Å². The predicted molar refractivity (Wildman–Crippen MR) is 81.1 cm³/mol. The number of benzene rings is 1. The van der Waals surface area contributed by atoms with E-state index in [0.717, 1.165) is 18.4 Å². The number of hydrogen-bond acceptors (Lipinski definition) is 5. The van der Waals surface area contributed by atoms with Crippen LogP contribution in [0, 0.1) is 0 Å². The van der Waals surface area contributed by atoms with E-state index in [9.17, 15) is 0 Å². The number of hydrogen-bond donors (Lipinski definition) is 1. The van der Waals surface area contributed by atoms with Crippen LogP contribution in [0.4, 0.5) is 0 Å². The third-order valence-electron chi connectivity index (χ3n) is 3.48. The maximum absolute atomic E-state index is 5.78. The van der Waals surface area contributed by atoms with Crippen LogP contribution >= 0.6 is 0 Å². The van der Waals surface area contributed by atoms with Crippen LogP contribution in [-0.4, -0.2) is 29.8 Å². The number of nitrogens with one attached hydrogen (secondary N) is 1. The van der Waals surface area contributed by atoms with Gasteiger partial charge in [-0.05, 0) is 26.0 Å². The zero-order chi connectivity index (χ0) is 15.1. The Morgan fingerprint density at radius 3 is 2.62 bits per heavy atom. The SMILES string of the molecule is CCOC(c1ccccc1)c1noc(CC(CC)NC)n1. The van der Waals surface area contributed by atoms with Gasteiger partial charge in [-0.25, -0.2) is 0 Å². The van der Waals surface area contributed by atoms with Gasteiger partial charge in [-0.3, -0.25) is 0 Å². The molecule has 5 nitrogen and oxygen atoms in total. The molecule has 21 heavy (non-hydrogen) atoms. The van der Waals surface area contributed by atoms with E-state index in [2.05, 4.69) is 22.4 Å². The van der Waals surface area contributed by atoms with Crippen molar-refractivity contribution in [3.8, 4) is 0 Å². The molecule has 0 spiro atoms. The highest BCUT2D eigenvalue weighted by molar-refractivity contribution is 5.22. The lowest BCUT2D eigenvalue weighted by molar-refractivity contribution is 0.0833. The highest BCUT2D eigenvalue weighted by Gasteiger charge is 2.21. The van der Waals surface area contributed by atoms with Gasteiger partial charge in [0.15, 0.2) is 0 Å². The van der Waals surface area contributed by atoms with Gasteiger partial charge in [0.25, 0.3) is 0 Å². The molecule has 0 aliphatic heterocycles. The fourth-order valence-corrected chi connectivity index (χ4v) is 2.23. The van der Waals surface area contributed by atoms with Crippen molar-refractivity contribution in [2.24, 2.45) is 0 Å². The molecular weight excluding hydrogens is 266 g/mol. The Bertz CT molecular complexity index is 523. The number of rotatable bonds is 8. The summed E-state index contributed by atoms with van der Waals surface area (Å²) in [5.41, 5.74) is 1.03. The molecule has 5 heteroatoms. The molecular formula is C16H23N3O2. The van der Waals surface area contributed by atoms with E-state index < -0.39 is 0 Å². The van der Waals surface area contributed by atoms with Crippen LogP contribution < -0.4 is 5.32 Å². The van der Waals surface area contributed by atoms with Gasteiger partial charge in [-0.2, -0.15) is 4.98 Å². The fraction of sp³-hybridized carbons (Fsp3) is 0.500. The number of aromatic nitrogens is 2. The monoisotopic (exact) mass is 289 g/mol. The topological polar surface area (TPSA) is 60.2 Å². The van der Waals surface area contributed by atoms with Gasteiger partial charge in [-0.15, -0.1) is 0 Å². The molecule has 0 fully saturated rings. The summed E-state index contributed by atoms with van der Waals surface area (Å²) < 4.78 is 11.2. The Labute approximate surface area is 125 Å². The van der Waals surface area contributed by atoms with Gasteiger partial charge in [0.05, 0.1) is 0 Å². The molecule has 0 aliphatic rings. The van der Waals surface area contributed by atoms with Crippen molar-refractivity contribution in [3.05, 3.63) is 47.6 Å². The third kappa shape index (κ3) is 4.12. The Morgan fingerprint density at radius 2 is 2.00 bits per heavy atom. The molecule has 2 atom stereocenters. The molecule has 1 heterocycles. The van der Waals surface area contributed by atoms with Crippen LogP contribution in [-0.2, 0) is 11.2 Å². The van der Waals surface area contributed by atoms with Crippen molar-refractivity contribution in [3.63, 3.8) is 0 Å². The highest BCUT2D eigenvalue weighted by atomic mass is 16.5. The van der Waals surface area contributed by atoms with Gasteiger partial charge < -0.3 is 14.6 Å². The summed E-state index contributed by atoms with van der Waals surface area (Å²) >= 11 is 0. The van der Waals surface area contributed by atoms with Crippen molar-refractivity contribution in [1.82, 2.24) is 15.5 Å². The van der Waals surface area contributed by atoms with Crippen LogP contribution in [0.5, 0.6) is 0 Å². The lowest BCUT2D eigenvalue weighted by Crippen LogP contribution is -2.26. The molecule has 1 aromatic heterocycles. The lowest BCUT2D eigenvalue weighted by Gasteiger charge is -2.13. The summed E-state index contributed by atoms with van der Waals surface area (Å²) in [5, 5.41) is 7.33.